The van der Waals surface area contributed by atoms with E-state index in [1.807, 2.05) is 6.92 Å². The normalized spacial score (nSPS) is 11.9. The first-order chi connectivity index (χ1) is 12.9. The lowest BCUT2D eigenvalue weighted by Crippen LogP contribution is -2.23. The van der Waals surface area contributed by atoms with E-state index in [0.717, 1.165) is 11.3 Å². The molecule has 138 valence electrons. The molecule has 0 fully saturated rings. The molecule has 0 saturated heterocycles. The Kier molecular flexibility index (Phi) is 3.92. The summed E-state index contributed by atoms with van der Waals surface area (Å²) in [6.07, 6.45) is 5.90. The molecule has 0 bridgehead atoms. The van der Waals surface area contributed by atoms with Gasteiger partial charge in [0.05, 0.1) is 41.1 Å². The SMILES string of the molecule is Cc1cn[nH]c1Cn1ncc2cc(S(=O)(=O)c3cnn(C)c3)ccc2c1=O. The number of nitrogens with zero attached hydrogens (tertiary/aromatic N) is 5. The molecule has 10 heteroatoms. The van der Waals surface area contributed by atoms with E-state index >= 15 is 0 Å². The molecule has 0 atom stereocenters. The molecule has 9 nitrogen and oxygen atoms in total. The second-order valence-electron chi connectivity index (χ2n) is 6.24. The molecule has 4 rings (SSSR count). The molecule has 0 aliphatic heterocycles. The Morgan fingerprint density at radius 2 is 1.93 bits per heavy atom. The molecule has 3 heterocycles. The van der Waals surface area contributed by atoms with Crippen LogP contribution in [0.2, 0.25) is 0 Å². The second kappa shape index (κ2) is 6.16. The minimum atomic E-state index is -3.71. The molecule has 3 aromatic heterocycles. The maximum absolute atomic E-state index is 12.7. The largest absolute Gasteiger partial charge is 0.280 e. The van der Waals surface area contributed by atoms with Gasteiger partial charge < -0.3 is 0 Å². The van der Waals surface area contributed by atoms with Gasteiger partial charge in [-0.2, -0.15) is 15.3 Å². The van der Waals surface area contributed by atoms with Crippen molar-refractivity contribution >= 4 is 20.6 Å². The Hall–Kier alpha value is -3.27. The summed E-state index contributed by atoms with van der Waals surface area (Å²) in [6, 6.07) is 4.40. The number of fused-ring (bicyclic) bond motifs is 1. The maximum atomic E-state index is 12.7. The maximum Gasteiger partial charge on any atom is 0.274 e. The van der Waals surface area contributed by atoms with Gasteiger partial charge in [0.2, 0.25) is 9.84 Å². The highest BCUT2D eigenvalue weighted by Gasteiger charge is 2.20. The van der Waals surface area contributed by atoms with Crippen molar-refractivity contribution in [1.29, 1.82) is 0 Å². The predicted molar refractivity (Wildman–Crippen MR) is 97.1 cm³/mol. The van der Waals surface area contributed by atoms with Gasteiger partial charge in [-0.05, 0) is 30.7 Å². The van der Waals surface area contributed by atoms with Crippen molar-refractivity contribution in [2.45, 2.75) is 23.3 Å². The zero-order valence-electron chi connectivity index (χ0n) is 14.6. The smallest absolute Gasteiger partial charge is 0.274 e. The highest BCUT2D eigenvalue weighted by Crippen LogP contribution is 2.23. The number of H-pyrrole nitrogens is 1. The van der Waals surface area contributed by atoms with E-state index in [9.17, 15) is 13.2 Å². The second-order valence-corrected chi connectivity index (χ2v) is 8.19. The highest BCUT2D eigenvalue weighted by atomic mass is 32.2. The Bertz CT molecular complexity index is 1320. The van der Waals surface area contributed by atoms with Crippen molar-refractivity contribution in [2.75, 3.05) is 0 Å². The van der Waals surface area contributed by atoms with Gasteiger partial charge >= 0.3 is 0 Å². The van der Waals surface area contributed by atoms with Crippen molar-refractivity contribution in [3.8, 4) is 0 Å². The fourth-order valence-electron chi connectivity index (χ4n) is 2.80. The van der Waals surface area contributed by atoms with Gasteiger partial charge in [0.25, 0.3) is 5.56 Å². The molecular weight excluding hydrogens is 368 g/mol. The fraction of sp³-hybridized carbons (Fsp3) is 0.176. The lowest BCUT2D eigenvalue weighted by atomic mass is 10.2. The third-order valence-electron chi connectivity index (χ3n) is 4.37. The van der Waals surface area contributed by atoms with Crippen LogP contribution in [0.3, 0.4) is 0 Å². The molecule has 0 aliphatic rings. The standard InChI is InChI=1S/C17H16N6O3S/c1-11-6-18-21-16(11)10-23-17(24)15-4-3-13(5-12(15)7-20-23)27(25,26)14-8-19-22(2)9-14/h3-9H,10H2,1-2H3,(H,18,21). The Labute approximate surface area is 154 Å². The molecule has 1 aromatic carbocycles. The van der Waals surface area contributed by atoms with Crippen LogP contribution in [0.25, 0.3) is 10.8 Å². The topological polar surface area (TPSA) is 116 Å². The third kappa shape index (κ3) is 2.93. The van der Waals surface area contributed by atoms with E-state index in [1.54, 1.807) is 13.2 Å². The third-order valence-corrected chi connectivity index (χ3v) is 6.07. The molecule has 0 spiro atoms. The zero-order chi connectivity index (χ0) is 19.2. The van der Waals surface area contributed by atoms with Gasteiger partial charge in [-0.1, -0.05) is 0 Å². The van der Waals surface area contributed by atoms with Crippen LogP contribution in [0.15, 0.2) is 57.6 Å². The van der Waals surface area contributed by atoms with Crippen LogP contribution in [0.1, 0.15) is 11.3 Å². The van der Waals surface area contributed by atoms with Crippen LogP contribution >= 0.6 is 0 Å². The van der Waals surface area contributed by atoms with Crippen molar-refractivity contribution in [2.24, 2.45) is 7.05 Å². The van der Waals surface area contributed by atoms with Crippen LogP contribution in [0, 0.1) is 6.92 Å². The summed E-state index contributed by atoms with van der Waals surface area (Å²) < 4.78 is 28.2. The lowest BCUT2D eigenvalue weighted by molar-refractivity contribution is 0.596. The predicted octanol–water partition coefficient (Wildman–Crippen LogP) is 1.04. The quantitative estimate of drug-likeness (QED) is 0.562. The highest BCUT2D eigenvalue weighted by molar-refractivity contribution is 7.91. The molecular formula is C17H16N6O3S. The lowest BCUT2D eigenvalue weighted by Gasteiger charge is -2.07. The average molecular weight is 384 g/mol. The summed E-state index contributed by atoms with van der Waals surface area (Å²) in [5.41, 5.74) is 1.42. The first kappa shape index (κ1) is 17.2. The van der Waals surface area contributed by atoms with Gasteiger partial charge in [0, 0.05) is 18.6 Å². The van der Waals surface area contributed by atoms with Crippen molar-refractivity contribution in [3.63, 3.8) is 0 Å². The van der Waals surface area contributed by atoms with E-state index < -0.39 is 9.84 Å². The first-order valence-electron chi connectivity index (χ1n) is 8.09. The van der Waals surface area contributed by atoms with Crippen LogP contribution in [0.4, 0.5) is 0 Å². The minimum absolute atomic E-state index is 0.0892. The van der Waals surface area contributed by atoms with E-state index in [0.29, 0.717) is 10.8 Å². The molecule has 1 N–H and O–H groups in total. The van der Waals surface area contributed by atoms with E-state index in [2.05, 4.69) is 20.4 Å². The average Bonchev–Trinajstić information content (AvgIpc) is 3.26. The summed E-state index contributed by atoms with van der Waals surface area (Å²) in [5.74, 6) is 0. The van der Waals surface area contributed by atoms with Gasteiger partial charge in [-0.3, -0.25) is 14.6 Å². The Balaban J connectivity index is 1.77. The molecule has 0 aliphatic carbocycles. The van der Waals surface area contributed by atoms with Crippen LogP contribution in [-0.2, 0) is 23.4 Å². The zero-order valence-corrected chi connectivity index (χ0v) is 15.4. The number of aromatic nitrogens is 6. The monoisotopic (exact) mass is 384 g/mol. The number of hydrogen-bond acceptors (Lipinski definition) is 6. The van der Waals surface area contributed by atoms with Gasteiger partial charge in [0.15, 0.2) is 0 Å². The first-order valence-corrected chi connectivity index (χ1v) is 9.57. The summed E-state index contributed by atoms with van der Waals surface area (Å²) in [5, 5.41) is 15.7. The molecule has 0 unspecified atom stereocenters. The van der Waals surface area contributed by atoms with Crippen LogP contribution in [-0.4, -0.2) is 38.2 Å². The molecule has 0 amide bonds. The summed E-state index contributed by atoms with van der Waals surface area (Å²) in [7, 11) is -2.07. The minimum Gasteiger partial charge on any atom is -0.280 e. The van der Waals surface area contributed by atoms with E-state index in [-0.39, 0.29) is 21.9 Å². The van der Waals surface area contributed by atoms with Crippen LogP contribution < -0.4 is 5.56 Å². The molecule has 4 aromatic rings. The van der Waals surface area contributed by atoms with Crippen LogP contribution in [0.5, 0.6) is 0 Å². The Morgan fingerprint density at radius 3 is 2.59 bits per heavy atom. The van der Waals surface area contributed by atoms with Gasteiger partial charge in [-0.15, -0.1) is 0 Å². The molecule has 27 heavy (non-hydrogen) atoms. The summed E-state index contributed by atoms with van der Waals surface area (Å²) >= 11 is 0. The number of rotatable bonds is 4. The number of nitrogens with one attached hydrogen (secondary N) is 1. The summed E-state index contributed by atoms with van der Waals surface area (Å²) in [4.78, 5) is 12.9. The van der Waals surface area contributed by atoms with E-state index in [1.165, 1.54) is 46.2 Å². The van der Waals surface area contributed by atoms with Gasteiger partial charge in [-0.25, -0.2) is 13.1 Å². The van der Waals surface area contributed by atoms with Crippen molar-refractivity contribution in [3.05, 3.63) is 64.6 Å². The molecule has 0 saturated carbocycles. The number of hydrogen-bond donors (Lipinski definition) is 1. The van der Waals surface area contributed by atoms with Gasteiger partial charge in [0.1, 0.15) is 4.90 Å². The Morgan fingerprint density at radius 1 is 1.11 bits per heavy atom. The van der Waals surface area contributed by atoms with Crippen molar-refractivity contribution < 1.29 is 8.42 Å². The number of aromatic amines is 1. The number of benzene rings is 1. The fourth-order valence-corrected chi connectivity index (χ4v) is 4.08. The molecule has 0 radical (unpaired) electrons. The number of sulfone groups is 1. The summed E-state index contributed by atoms with van der Waals surface area (Å²) in [6.45, 7) is 2.15. The van der Waals surface area contributed by atoms with E-state index in [4.69, 9.17) is 0 Å². The van der Waals surface area contributed by atoms with Crippen molar-refractivity contribution in [1.82, 2.24) is 29.8 Å². The number of aryl methyl sites for hydroxylation is 2.